The third kappa shape index (κ3) is 3.85. The van der Waals surface area contributed by atoms with E-state index in [4.69, 9.17) is 0 Å². The van der Waals surface area contributed by atoms with E-state index in [2.05, 4.69) is 5.32 Å². The highest BCUT2D eigenvalue weighted by Gasteiger charge is 2.35. The molecular weight excluding hydrogens is 280 g/mol. The van der Waals surface area contributed by atoms with Crippen LogP contribution < -0.4 is 10.2 Å². The van der Waals surface area contributed by atoms with Crippen molar-refractivity contribution in [2.45, 2.75) is 45.8 Å². The third-order valence-corrected chi connectivity index (χ3v) is 3.92. The van der Waals surface area contributed by atoms with E-state index in [0.29, 0.717) is 0 Å². The number of amides is 2. The van der Waals surface area contributed by atoms with Crippen LogP contribution in [-0.2, 0) is 9.59 Å². The van der Waals surface area contributed by atoms with E-state index in [0.717, 1.165) is 29.7 Å². The van der Waals surface area contributed by atoms with Gasteiger partial charge in [0.15, 0.2) is 0 Å². The van der Waals surface area contributed by atoms with Crippen LogP contribution in [0, 0.1) is 19.8 Å². The fourth-order valence-electron chi connectivity index (χ4n) is 2.49. The number of nitrogens with zero attached hydrogens (tertiary/aromatic N) is 1. The minimum atomic E-state index is -0.941. The summed E-state index contributed by atoms with van der Waals surface area (Å²) < 4.78 is 0. The van der Waals surface area contributed by atoms with Gasteiger partial charge in [0, 0.05) is 18.7 Å². The van der Waals surface area contributed by atoms with Gasteiger partial charge in [-0.15, -0.1) is 0 Å². The van der Waals surface area contributed by atoms with Crippen molar-refractivity contribution in [3.8, 4) is 0 Å². The molecule has 0 radical (unpaired) electrons. The number of aliphatic hydroxyl groups is 1. The minimum absolute atomic E-state index is 0.000528. The molecule has 2 amide bonds. The molecule has 2 atom stereocenters. The molecule has 1 aromatic rings. The maximum Gasteiger partial charge on any atom is 0.251 e. The molecule has 120 valence electrons. The quantitative estimate of drug-likeness (QED) is 0.867. The Bertz CT molecular complexity index is 559. The van der Waals surface area contributed by atoms with Crippen LogP contribution in [0.2, 0.25) is 0 Å². The molecule has 5 nitrogen and oxygen atoms in total. The fraction of sp³-hybridized carbons (Fsp3) is 0.529. The monoisotopic (exact) mass is 304 g/mol. The summed E-state index contributed by atoms with van der Waals surface area (Å²) in [7, 11) is 1.66. The zero-order valence-electron chi connectivity index (χ0n) is 13.6. The molecule has 1 aromatic carbocycles. The van der Waals surface area contributed by atoms with E-state index in [1.807, 2.05) is 32.0 Å². The third-order valence-electron chi connectivity index (χ3n) is 3.92. The van der Waals surface area contributed by atoms with Crippen LogP contribution in [0.15, 0.2) is 18.2 Å². The first-order chi connectivity index (χ1) is 10.3. The van der Waals surface area contributed by atoms with Crippen LogP contribution in [0.4, 0.5) is 5.69 Å². The van der Waals surface area contributed by atoms with Crippen LogP contribution in [0.5, 0.6) is 0 Å². The lowest BCUT2D eigenvalue weighted by molar-refractivity contribution is -0.130. The van der Waals surface area contributed by atoms with Crippen molar-refractivity contribution in [2.24, 2.45) is 5.92 Å². The smallest absolute Gasteiger partial charge is 0.251 e. The summed E-state index contributed by atoms with van der Waals surface area (Å²) in [6.07, 6.45) is 0.780. The van der Waals surface area contributed by atoms with E-state index in [9.17, 15) is 14.7 Å². The zero-order valence-corrected chi connectivity index (χ0v) is 13.6. The fourth-order valence-corrected chi connectivity index (χ4v) is 2.49. The van der Waals surface area contributed by atoms with Crippen molar-refractivity contribution in [2.75, 3.05) is 11.9 Å². The van der Waals surface area contributed by atoms with Gasteiger partial charge in [-0.1, -0.05) is 6.07 Å². The first kappa shape index (κ1) is 16.5. The number of carbonyl (C=O) groups is 2. The Labute approximate surface area is 131 Å². The number of benzene rings is 1. The van der Waals surface area contributed by atoms with E-state index in [-0.39, 0.29) is 17.7 Å². The molecule has 1 saturated carbocycles. The molecular formula is C17H24N2O3. The Hall–Kier alpha value is -1.88. The average molecular weight is 304 g/mol. The number of nitrogens with one attached hydrogen (secondary N) is 1. The minimum Gasteiger partial charge on any atom is -0.391 e. The van der Waals surface area contributed by atoms with Gasteiger partial charge in [-0.05, 0) is 56.9 Å². The molecule has 1 aliphatic carbocycles. The van der Waals surface area contributed by atoms with Gasteiger partial charge < -0.3 is 15.3 Å². The van der Waals surface area contributed by atoms with Gasteiger partial charge in [0.05, 0.1) is 6.10 Å². The van der Waals surface area contributed by atoms with Gasteiger partial charge in [0.25, 0.3) is 5.91 Å². The molecule has 0 aliphatic heterocycles. The molecule has 0 saturated heterocycles. The number of hydrogen-bond donors (Lipinski definition) is 2. The lowest BCUT2D eigenvalue weighted by atomic mass is 10.1. The Balaban J connectivity index is 2.16. The Kier molecular flexibility index (Phi) is 4.86. The highest BCUT2D eigenvalue weighted by Crippen LogP contribution is 2.29. The molecule has 2 unspecified atom stereocenters. The van der Waals surface area contributed by atoms with Crippen LogP contribution in [-0.4, -0.2) is 36.1 Å². The second-order valence-electron chi connectivity index (χ2n) is 6.24. The molecule has 1 fully saturated rings. The summed E-state index contributed by atoms with van der Waals surface area (Å²) in [6, 6.07) is 4.93. The topological polar surface area (TPSA) is 69.6 Å². The SMILES string of the molecule is Cc1cc(C)cc(N(C)C(=O)C(NC(=O)C2CC2)C(C)O)c1. The molecule has 0 heterocycles. The van der Waals surface area contributed by atoms with E-state index in [1.54, 1.807) is 7.05 Å². The van der Waals surface area contributed by atoms with Gasteiger partial charge in [-0.2, -0.15) is 0 Å². The van der Waals surface area contributed by atoms with Crippen molar-refractivity contribution < 1.29 is 14.7 Å². The largest absolute Gasteiger partial charge is 0.391 e. The molecule has 5 heteroatoms. The van der Waals surface area contributed by atoms with E-state index in [1.165, 1.54) is 11.8 Å². The number of hydrogen-bond acceptors (Lipinski definition) is 3. The summed E-state index contributed by atoms with van der Waals surface area (Å²) in [5, 5.41) is 12.6. The summed E-state index contributed by atoms with van der Waals surface area (Å²) in [6.45, 7) is 5.46. The Morgan fingerprint density at radius 3 is 2.23 bits per heavy atom. The number of rotatable bonds is 5. The molecule has 22 heavy (non-hydrogen) atoms. The predicted molar refractivity (Wildman–Crippen MR) is 85.7 cm³/mol. The van der Waals surface area contributed by atoms with Crippen molar-refractivity contribution in [1.82, 2.24) is 5.32 Å². The van der Waals surface area contributed by atoms with E-state index < -0.39 is 12.1 Å². The van der Waals surface area contributed by atoms with Crippen LogP contribution in [0.3, 0.4) is 0 Å². The van der Waals surface area contributed by atoms with E-state index >= 15 is 0 Å². The van der Waals surface area contributed by atoms with Crippen LogP contribution in [0.1, 0.15) is 30.9 Å². The lowest BCUT2D eigenvalue weighted by Gasteiger charge is -2.27. The number of likely N-dealkylation sites (N-methyl/N-ethyl adjacent to an activating group) is 1. The van der Waals surface area contributed by atoms with Gasteiger partial charge >= 0.3 is 0 Å². The average Bonchev–Trinajstić information content (AvgIpc) is 3.26. The standard InChI is InChI=1S/C17H24N2O3/c1-10-7-11(2)9-14(8-10)19(4)17(22)15(12(3)20)18-16(21)13-5-6-13/h7-9,12-13,15,20H,5-6H2,1-4H3,(H,18,21). The van der Waals surface area contributed by atoms with Crippen molar-refractivity contribution >= 4 is 17.5 Å². The zero-order chi connectivity index (χ0) is 16.4. The highest BCUT2D eigenvalue weighted by molar-refractivity contribution is 5.99. The number of aryl methyl sites for hydroxylation is 2. The van der Waals surface area contributed by atoms with Crippen LogP contribution >= 0.6 is 0 Å². The molecule has 0 spiro atoms. The lowest BCUT2D eigenvalue weighted by Crippen LogP contribution is -2.53. The predicted octanol–water partition coefficient (Wildman–Crippen LogP) is 1.54. The number of aliphatic hydroxyl groups excluding tert-OH is 1. The summed E-state index contributed by atoms with van der Waals surface area (Å²) in [4.78, 5) is 26.0. The number of anilines is 1. The Morgan fingerprint density at radius 2 is 1.77 bits per heavy atom. The van der Waals surface area contributed by atoms with Crippen LogP contribution in [0.25, 0.3) is 0 Å². The normalized spacial score (nSPS) is 16.8. The molecule has 1 aliphatic rings. The first-order valence-electron chi connectivity index (χ1n) is 7.64. The maximum absolute atomic E-state index is 12.6. The van der Waals surface area contributed by atoms with Crippen molar-refractivity contribution in [3.63, 3.8) is 0 Å². The second kappa shape index (κ2) is 6.48. The summed E-state index contributed by atoms with van der Waals surface area (Å²) >= 11 is 0. The van der Waals surface area contributed by atoms with Gasteiger partial charge in [0.2, 0.25) is 5.91 Å². The number of carbonyl (C=O) groups excluding carboxylic acids is 2. The first-order valence-corrected chi connectivity index (χ1v) is 7.64. The molecule has 2 N–H and O–H groups in total. The molecule has 0 bridgehead atoms. The molecule has 0 aromatic heterocycles. The Morgan fingerprint density at radius 1 is 1.23 bits per heavy atom. The second-order valence-corrected chi connectivity index (χ2v) is 6.24. The highest BCUT2D eigenvalue weighted by atomic mass is 16.3. The van der Waals surface area contributed by atoms with Crippen molar-refractivity contribution in [3.05, 3.63) is 29.3 Å². The maximum atomic E-state index is 12.6. The molecule has 2 rings (SSSR count). The summed E-state index contributed by atoms with van der Waals surface area (Å²) in [5.41, 5.74) is 2.88. The van der Waals surface area contributed by atoms with Crippen molar-refractivity contribution in [1.29, 1.82) is 0 Å². The van der Waals surface area contributed by atoms with Gasteiger partial charge in [-0.25, -0.2) is 0 Å². The van der Waals surface area contributed by atoms with Gasteiger partial charge in [-0.3, -0.25) is 9.59 Å². The summed E-state index contributed by atoms with van der Waals surface area (Å²) in [5.74, 6) is -0.456. The van der Waals surface area contributed by atoms with Gasteiger partial charge in [0.1, 0.15) is 6.04 Å².